The SMILES string of the molecule is CNS(=O)(=O)c1ccc(NCC2CCCCC2N)cc1. The molecular formula is C14H23N3O2S. The maximum Gasteiger partial charge on any atom is 0.240 e. The molecule has 1 fully saturated rings. The van der Waals surface area contributed by atoms with E-state index < -0.39 is 10.0 Å². The third kappa shape index (κ3) is 3.71. The van der Waals surface area contributed by atoms with Crippen LogP contribution in [-0.2, 0) is 10.0 Å². The Morgan fingerprint density at radius 2 is 1.85 bits per heavy atom. The van der Waals surface area contributed by atoms with Gasteiger partial charge in [0.05, 0.1) is 4.90 Å². The zero-order valence-corrected chi connectivity index (χ0v) is 12.6. The lowest BCUT2D eigenvalue weighted by Crippen LogP contribution is -2.37. The summed E-state index contributed by atoms with van der Waals surface area (Å²) in [6.45, 7) is 0.847. The Hall–Kier alpha value is -1.11. The van der Waals surface area contributed by atoms with Gasteiger partial charge in [0.1, 0.15) is 0 Å². The second kappa shape index (κ2) is 6.56. The summed E-state index contributed by atoms with van der Waals surface area (Å²) in [6.07, 6.45) is 4.75. The minimum atomic E-state index is -3.36. The summed E-state index contributed by atoms with van der Waals surface area (Å²) in [7, 11) is -1.95. The highest BCUT2D eigenvalue weighted by atomic mass is 32.2. The maximum absolute atomic E-state index is 11.6. The van der Waals surface area contributed by atoms with Gasteiger partial charge in [0.2, 0.25) is 10.0 Å². The molecule has 1 aromatic rings. The predicted octanol–water partition coefficient (Wildman–Crippen LogP) is 1.52. The highest BCUT2D eigenvalue weighted by Crippen LogP contribution is 2.23. The minimum absolute atomic E-state index is 0.278. The Balaban J connectivity index is 1.94. The Morgan fingerprint density at radius 1 is 1.20 bits per heavy atom. The lowest BCUT2D eigenvalue weighted by atomic mass is 9.85. The van der Waals surface area contributed by atoms with Crippen molar-refractivity contribution in [1.29, 1.82) is 0 Å². The van der Waals surface area contributed by atoms with Crippen molar-refractivity contribution in [2.45, 2.75) is 36.6 Å². The number of sulfonamides is 1. The third-order valence-electron chi connectivity index (χ3n) is 3.97. The number of rotatable bonds is 5. The molecule has 0 spiro atoms. The van der Waals surface area contributed by atoms with Crippen LogP contribution in [0.4, 0.5) is 5.69 Å². The highest BCUT2D eigenvalue weighted by Gasteiger charge is 2.21. The van der Waals surface area contributed by atoms with E-state index in [-0.39, 0.29) is 10.9 Å². The topological polar surface area (TPSA) is 84.2 Å². The van der Waals surface area contributed by atoms with Crippen LogP contribution in [0.5, 0.6) is 0 Å². The van der Waals surface area contributed by atoms with Crippen LogP contribution in [0.3, 0.4) is 0 Å². The van der Waals surface area contributed by atoms with Crippen LogP contribution in [-0.4, -0.2) is 28.1 Å². The van der Waals surface area contributed by atoms with Crippen LogP contribution < -0.4 is 15.8 Å². The molecule has 0 bridgehead atoms. The summed E-state index contributed by atoms with van der Waals surface area (Å²) in [6, 6.07) is 7.07. The van der Waals surface area contributed by atoms with Crippen molar-refractivity contribution in [1.82, 2.24) is 4.72 Å². The Morgan fingerprint density at radius 3 is 2.45 bits per heavy atom. The highest BCUT2D eigenvalue weighted by molar-refractivity contribution is 7.89. The van der Waals surface area contributed by atoms with Crippen LogP contribution in [0.2, 0.25) is 0 Å². The molecule has 4 N–H and O–H groups in total. The molecule has 0 radical (unpaired) electrons. The van der Waals surface area contributed by atoms with E-state index >= 15 is 0 Å². The smallest absolute Gasteiger partial charge is 0.240 e. The standard InChI is InChI=1S/C14H23N3O2S/c1-16-20(18,19)13-8-6-12(7-9-13)17-10-11-4-2-3-5-14(11)15/h6-9,11,14,16-17H,2-5,10,15H2,1H3. The van der Waals surface area contributed by atoms with Crippen molar-refractivity contribution in [3.8, 4) is 0 Å². The fourth-order valence-electron chi connectivity index (χ4n) is 2.61. The van der Waals surface area contributed by atoms with E-state index in [1.807, 2.05) is 0 Å². The number of nitrogens with one attached hydrogen (secondary N) is 2. The van der Waals surface area contributed by atoms with Gasteiger partial charge in [-0.2, -0.15) is 0 Å². The molecule has 1 aliphatic carbocycles. The second-order valence-electron chi connectivity index (χ2n) is 5.32. The number of hydrogen-bond acceptors (Lipinski definition) is 4. The fourth-order valence-corrected chi connectivity index (χ4v) is 3.34. The summed E-state index contributed by atoms with van der Waals surface area (Å²) in [5.41, 5.74) is 7.04. The molecule has 2 unspecified atom stereocenters. The molecule has 2 atom stereocenters. The van der Waals surface area contributed by atoms with E-state index in [2.05, 4.69) is 10.0 Å². The first kappa shape index (κ1) is 15.3. The molecule has 0 amide bonds. The summed E-state index contributed by atoms with van der Waals surface area (Å²) in [5, 5.41) is 3.35. The third-order valence-corrected chi connectivity index (χ3v) is 5.40. The Labute approximate surface area is 121 Å². The van der Waals surface area contributed by atoms with E-state index in [1.165, 1.54) is 26.3 Å². The zero-order valence-electron chi connectivity index (χ0n) is 11.8. The molecular weight excluding hydrogens is 274 g/mol. The average molecular weight is 297 g/mol. The van der Waals surface area contributed by atoms with Gasteiger partial charge < -0.3 is 11.1 Å². The molecule has 1 aromatic carbocycles. The first-order valence-electron chi connectivity index (χ1n) is 7.06. The van der Waals surface area contributed by atoms with Gasteiger partial charge in [0.15, 0.2) is 0 Å². The number of benzene rings is 1. The van der Waals surface area contributed by atoms with E-state index in [4.69, 9.17) is 5.73 Å². The van der Waals surface area contributed by atoms with E-state index in [1.54, 1.807) is 24.3 Å². The quantitative estimate of drug-likeness (QED) is 0.769. The average Bonchev–Trinajstić information content (AvgIpc) is 2.47. The molecule has 112 valence electrons. The molecule has 0 aliphatic heterocycles. The molecule has 20 heavy (non-hydrogen) atoms. The van der Waals surface area contributed by atoms with Crippen molar-refractivity contribution in [2.75, 3.05) is 18.9 Å². The van der Waals surface area contributed by atoms with Crippen LogP contribution in [0, 0.1) is 5.92 Å². The summed E-state index contributed by atoms with van der Waals surface area (Å²) < 4.78 is 25.5. The van der Waals surface area contributed by atoms with Crippen molar-refractivity contribution in [2.24, 2.45) is 11.7 Å². The van der Waals surface area contributed by atoms with Gasteiger partial charge >= 0.3 is 0 Å². The van der Waals surface area contributed by atoms with Gasteiger partial charge in [-0.3, -0.25) is 0 Å². The van der Waals surface area contributed by atoms with Gasteiger partial charge in [0.25, 0.3) is 0 Å². The Bertz CT molecular complexity index is 528. The van der Waals surface area contributed by atoms with Crippen LogP contribution in [0.15, 0.2) is 29.2 Å². The summed E-state index contributed by atoms with van der Waals surface area (Å²) >= 11 is 0. The monoisotopic (exact) mass is 297 g/mol. The van der Waals surface area contributed by atoms with E-state index in [9.17, 15) is 8.42 Å². The van der Waals surface area contributed by atoms with Gasteiger partial charge in [-0.25, -0.2) is 13.1 Å². The number of nitrogens with two attached hydrogens (primary N) is 1. The van der Waals surface area contributed by atoms with Crippen molar-refractivity contribution >= 4 is 15.7 Å². The molecule has 2 rings (SSSR count). The van der Waals surface area contributed by atoms with Gasteiger partial charge in [-0.05, 0) is 50.1 Å². The lowest BCUT2D eigenvalue weighted by molar-refractivity contribution is 0.321. The molecule has 0 aromatic heterocycles. The van der Waals surface area contributed by atoms with Gasteiger partial charge in [-0.15, -0.1) is 0 Å². The number of anilines is 1. The Kier molecular flexibility index (Phi) is 5.01. The van der Waals surface area contributed by atoms with Gasteiger partial charge in [0, 0.05) is 18.3 Å². The molecule has 5 nitrogen and oxygen atoms in total. The predicted molar refractivity (Wildman–Crippen MR) is 81.1 cm³/mol. The van der Waals surface area contributed by atoms with Crippen LogP contribution in [0.1, 0.15) is 25.7 Å². The first-order valence-corrected chi connectivity index (χ1v) is 8.54. The fraction of sp³-hybridized carbons (Fsp3) is 0.571. The van der Waals surface area contributed by atoms with Crippen LogP contribution >= 0.6 is 0 Å². The second-order valence-corrected chi connectivity index (χ2v) is 7.21. The summed E-state index contributed by atoms with van der Waals surface area (Å²) in [5.74, 6) is 0.504. The molecule has 1 saturated carbocycles. The van der Waals surface area contributed by atoms with E-state index in [0.29, 0.717) is 5.92 Å². The molecule has 0 heterocycles. The molecule has 0 saturated heterocycles. The normalized spacial score (nSPS) is 23.5. The zero-order chi connectivity index (χ0) is 14.6. The summed E-state index contributed by atoms with van der Waals surface area (Å²) in [4.78, 5) is 0.278. The lowest BCUT2D eigenvalue weighted by Gasteiger charge is -2.29. The van der Waals surface area contributed by atoms with Crippen molar-refractivity contribution < 1.29 is 8.42 Å². The van der Waals surface area contributed by atoms with Crippen molar-refractivity contribution in [3.63, 3.8) is 0 Å². The van der Waals surface area contributed by atoms with Crippen LogP contribution in [0.25, 0.3) is 0 Å². The maximum atomic E-state index is 11.6. The first-order chi connectivity index (χ1) is 9.53. The molecule has 1 aliphatic rings. The van der Waals surface area contributed by atoms with Gasteiger partial charge in [-0.1, -0.05) is 12.8 Å². The largest absolute Gasteiger partial charge is 0.385 e. The molecule has 6 heteroatoms. The van der Waals surface area contributed by atoms with Crippen molar-refractivity contribution in [3.05, 3.63) is 24.3 Å². The number of hydrogen-bond donors (Lipinski definition) is 3. The minimum Gasteiger partial charge on any atom is -0.385 e. The van der Waals surface area contributed by atoms with E-state index in [0.717, 1.165) is 18.7 Å².